The molecule has 17 heavy (non-hydrogen) atoms. The fraction of sp³-hybridized carbons (Fsp3) is 0.500. The molecule has 0 aromatic carbocycles. The van der Waals surface area contributed by atoms with E-state index in [1.165, 1.54) is 19.2 Å². The first kappa shape index (κ1) is 13.7. The lowest BCUT2D eigenvalue weighted by Gasteiger charge is -2.20. The summed E-state index contributed by atoms with van der Waals surface area (Å²) in [4.78, 5) is 3.84. The van der Waals surface area contributed by atoms with E-state index in [9.17, 15) is 22.0 Å². The number of pyridine rings is 1. The molecule has 0 saturated carbocycles. The standard InChI is InChI=1S/C10H10F5NO/c1-6-7(2)16-4-3-8(6)17-5-9(11,12)10(13,14)15/h3-4H,5H2,1-2H3. The molecule has 0 saturated heterocycles. The molecule has 0 fully saturated rings. The van der Waals surface area contributed by atoms with Gasteiger partial charge in [0, 0.05) is 17.5 Å². The maximum atomic E-state index is 12.6. The van der Waals surface area contributed by atoms with Gasteiger partial charge in [0.2, 0.25) is 0 Å². The molecule has 0 unspecified atom stereocenters. The molecule has 0 aliphatic heterocycles. The molecule has 1 heterocycles. The highest BCUT2D eigenvalue weighted by molar-refractivity contribution is 5.33. The third-order valence-corrected chi connectivity index (χ3v) is 2.23. The van der Waals surface area contributed by atoms with Crippen LogP contribution in [0.15, 0.2) is 12.3 Å². The molecule has 1 rings (SSSR count). The second-order valence-corrected chi connectivity index (χ2v) is 3.51. The quantitative estimate of drug-likeness (QED) is 0.773. The molecular formula is C10H10F5NO. The van der Waals surface area contributed by atoms with E-state index in [-0.39, 0.29) is 5.75 Å². The highest BCUT2D eigenvalue weighted by atomic mass is 19.4. The summed E-state index contributed by atoms with van der Waals surface area (Å²) in [5, 5.41) is 0. The SMILES string of the molecule is Cc1nccc(OCC(F)(F)C(F)(F)F)c1C. The van der Waals surface area contributed by atoms with Crippen LogP contribution in [0.25, 0.3) is 0 Å². The molecule has 0 aliphatic carbocycles. The minimum atomic E-state index is -5.61. The van der Waals surface area contributed by atoms with Gasteiger partial charge < -0.3 is 4.74 Å². The average molecular weight is 255 g/mol. The zero-order valence-corrected chi connectivity index (χ0v) is 9.11. The van der Waals surface area contributed by atoms with Gasteiger partial charge in [0.1, 0.15) is 5.75 Å². The normalized spacial score (nSPS) is 12.6. The lowest BCUT2D eigenvalue weighted by atomic mass is 10.2. The summed E-state index contributed by atoms with van der Waals surface area (Å²) in [6, 6.07) is 1.24. The summed E-state index contributed by atoms with van der Waals surface area (Å²) >= 11 is 0. The summed E-state index contributed by atoms with van der Waals surface area (Å²) in [5.41, 5.74) is 0.947. The summed E-state index contributed by atoms with van der Waals surface area (Å²) < 4.78 is 65.3. The van der Waals surface area contributed by atoms with Crippen LogP contribution in [-0.4, -0.2) is 23.7 Å². The zero-order chi connectivity index (χ0) is 13.3. The predicted molar refractivity (Wildman–Crippen MR) is 50.2 cm³/mol. The van der Waals surface area contributed by atoms with Crippen molar-refractivity contribution in [3.8, 4) is 5.75 Å². The Hall–Kier alpha value is -1.40. The maximum absolute atomic E-state index is 12.6. The Kier molecular flexibility index (Phi) is 3.59. The number of halogens is 5. The molecule has 96 valence electrons. The lowest BCUT2D eigenvalue weighted by Crippen LogP contribution is -2.41. The van der Waals surface area contributed by atoms with Crippen LogP contribution in [-0.2, 0) is 0 Å². The minimum Gasteiger partial charge on any atom is -0.487 e. The van der Waals surface area contributed by atoms with Gasteiger partial charge in [-0.05, 0) is 19.9 Å². The Morgan fingerprint density at radius 1 is 1.18 bits per heavy atom. The highest BCUT2D eigenvalue weighted by Crippen LogP contribution is 2.36. The molecule has 0 bridgehead atoms. The van der Waals surface area contributed by atoms with Crippen molar-refractivity contribution in [2.75, 3.05) is 6.61 Å². The Labute approximate surface area is 94.4 Å². The van der Waals surface area contributed by atoms with Gasteiger partial charge in [-0.2, -0.15) is 22.0 Å². The fourth-order valence-electron chi connectivity index (χ4n) is 1.02. The van der Waals surface area contributed by atoms with Gasteiger partial charge in [0.05, 0.1) is 0 Å². The van der Waals surface area contributed by atoms with E-state index in [4.69, 9.17) is 0 Å². The van der Waals surface area contributed by atoms with E-state index >= 15 is 0 Å². The average Bonchev–Trinajstić information content (AvgIpc) is 2.18. The zero-order valence-electron chi connectivity index (χ0n) is 9.11. The van der Waals surface area contributed by atoms with Crippen molar-refractivity contribution in [2.45, 2.75) is 25.9 Å². The van der Waals surface area contributed by atoms with Gasteiger partial charge in [0.25, 0.3) is 0 Å². The van der Waals surface area contributed by atoms with Crippen LogP contribution < -0.4 is 4.74 Å². The summed E-state index contributed by atoms with van der Waals surface area (Å²) in [7, 11) is 0. The summed E-state index contributed by atoms with van der Waals surface area (Å²) in [6.07, 6.45) is -4.33. The van der Waals surface area contributed by atoms with Crippen LogP contribution in [0.4, 0.5) is 22.0 Å². The van der Waals surface area contributed by atoms with Gasteiger partial charge in [-0.3, -0.25) is 4.98 Å². The van der Waals surface area contributed by atoms with Gasteiger partial charge in [0.15, 0.2) is 6.61 Å². The van der Waals surface area contributed by atoms with Gasteiger partial charge in [-0.1, -0.05) is 0 Å². The number of aromatic nitrogens is 1. The Balaban J connectivity index is 2.78. The van der Waals surface area contributed by atoms with E-state index in [1.54, 1.807) is 6.92 Å². The monoisotopic (exact) mass is 255 g/mol. The largest absolute Gasteiger partial charge is 0.487 e. The van der Waals surface area contributed by atoms with Crippen LogP contribution >= 0.6 is 0 Å². The highest BCUT2D eigenvalue weighted by Gasteiger charge is 2.58. The van der Waals surface area contributed by atoms with Crippen LogP contribution in [0.1, 0.15) is 11.3 Å². The molecule has 0 spiro atoms. The van der Waals surface area contributed by atoms with Crippen molar-refractivity contribution >= 4 is 0 Å². The Morgan fingerprint density at radius 3 is 2.29 bits per heavy atom. The second-order valence-electron chi connectivity index (χ2n) is 3.51. The van der Waals surface area contributed by atoms with Crippen LogP contribution in [0, 0.1) is 13.8 Å². The number of nitrogens with zero attached hydrogens (tertiary/aromatic N) is 1. The van der Waals surface area contributed by atoms with E-state index in [0.29, 0.717) is 11.3 Å². The molecule has 7 heteroatoms. The van der Waals surface area contributed by atoms with Crippen molar-refractivity contribution in [1.82, 2.24) is 4.98 Å². The first-order valence-electron chi connectivity index (χ1n) is 4.65. The Bertz CT molecular complexity index is 402. The van der Waals surface area contributed by atoms with Gasteiger partial charge >= 0.3 is 12.1 Å². The third kappa shape index (κ3) is 3.04. The molecule has 1 aromatic rings. The minimum absolute atomic E-state index is 0.0265. The van der Waals surface area contributed by atoms with Crippen LogP contribution in [0.3, 0.4) is 0 Å². The molecule has 1 aromatic heterocycles. The van der Waals surface area contributed by atoms with Crippen molar-refractivity contribution in [3.05, 3.63) is 23.5 Å². The van der Waals surface area contributed by atoms with E-state index in [0.717, 1.165) is 0 Å². The number of hydrogen-bond acceptors (Lipinski definition) is 2. The summed E-state index contributed by atoms with van der Waals surface area (Å²) in [6.45, 7) is 1.40. The first-order valence-corrected chi connectivity index (χ1v) is 4.65. The molecule has 0 N–H and O–H groups in total. The van der Waals surface area contributed by atoms with Crippen molar-refractivity contribution in [3.63, 3.8) is 0 Å². The van der Waals surface area contributed by atoms with Gasteiger partial charge in [-0.15, -0.1) is 0 Å². The van der Waals surface area contributed by atoms with Crippen molar-refractivity contribution in [2.24, 2.45) is 0 Å². The second kappa shape index (κ2) is 4.46. The summed E-state index contributed by atoms with van der Waals surface area (Å²) in [5.74, 6) is -4.89. The molecule has 2 nitrogen and oxygen atoms in total. The van der Waals surface area contributed by atoms with Crippen LogP contribution in [0.2, 0.25) is 0 Å². The topological polar surface area (TPSA) is 22.1 Å². The lowest BCUT2D eigenvalue weighted by molar-refractivity contribution is -0.290. The fourth-order valence-corrected chi connectivity index (χ4v) is 1.02. The number of alkyl halides is 5. The number of ether oxygens (including phenoxy) is 1. The molecule has 0 amide bonds. The van der Waals surface area contributed by atoms with Crippen molar-refractivity contribution in [1.29, 1.82) is 0 Å². The number of aryl methyl sites for hydroxylation is 1. The van der Waals surface area contributed by atoms with E-state index in [1.807, 2.05) is 0 Å². The number of rotatable bonds is 3. The predicted octanol–water partition coefficient (Wildman–Crippen LogP) is 3.27. The molecule has 0 atom stereocenters. The first-order chi connectivity index (χ1) is 7.65. The van der Waals surface area contributed by atoms with E-state index in [2.05, 4.69) is 9.72 Å². The maximum Gasteiger partial charge on any atom is 0.456 e. The molecule has 0 radical (unpaired) electrons. The molecule has 0 aliphatic rings. The number of hydrogen-bond donors (Lipinski definition) is 0. The van der Waals surface area contributed by atoms with E-state index < -0.39 is 18.7 Å². The molecular weight excluding hydrogens is 245 g/mol. The van der Waals surface area contributed by atoms with Gasteiger partial charge in [-0.25, -0.2) is 0 Å². The smallest absolute Gasteiger partial charge is 0.456 e. The van der Waals surface area contributed by atoms with Crippen molar-refractivity contribution < 1.29 is 26.7 Å². The Morgan fingerprint density at radius 2 is 1.76 bits per heavy atom. The third-order valence-electron chi connectivity index (χ3n) is 2.23. The van der Waals surface area contributed by atoms with Crippen LogP contribution in [0.5, 0.6) is 5.75 Å².